The molecule has 0 spiro atoms. The normalized spacial score (nSPS) is 11.3. The van der Waals surface area contributed by atoms with E-state index in [-0.39, 0.29) is 5.56 Å². The van der Waals surface area contributed by atoms with E-state index in [4.69, 9.17) is 4.42 Å². The SMILES string of the molecule is CCc1cccc2sc(NC(=O)c3cc4c(ccc5ccccc54)oc3=O)nc12. The molecular weight excluding hydrogens is 384 g/mol. The largest absolute Gasteiger partial charge is 0.422 e. The average Bonchev–Trinajstić information content (AvgIpc) is 3.15. The van der Waals surface area contributed by atoms with Crippen molar-refractivity contribution in [2.24, 2.45) is 0 Å². The molecule has 6 heteroatoms. The van der Waals surface area contributed by atoms with Crippen LogP contribution in [-0.2, 0) is 6.42 Å². The second-order valence-corrected chi connectivity index (χ2v) is 7.77. The number of aryl methyl sites for hydroxylation is 1. The number of carbonyl (C=O) groups is 1. The number of para-hydroxylation sites is 1. The third-order valence-electron chi connectivity index (χ3n) is 4.99. The minimum atomic E-state index is -0.666. The third-order valence-corrected chi connectivity index (χ3v) is 5.93. The summed E-state index contributed by atoms with van der Waals surface area (Å²) in [7, 11) is 0. The number of rotatable bonds is 3. The van der Waals surface area contributed by atoms with Crippen molar-refractivity contribution in [1.82, 2.24) is 4.98 Å². The van der Waals surface area contributed by atoms with Gasteiger partial charge in [-0.25, -0.2) is 9.78 Å². The highest BCUT2D eigenvalue weighted by Crippen LogP contribution is 2.29. The maximum Gasteiger partial charge on any atom is 0.349 e. The molecule has 29 heavy (non-hydrogen) atoms. The number of thiazole rings is 1. The lowest BCUT2D eigenvalue weighted by atomic mass is 10.0. The topological polar surface area (TPSA) is 72.2 Å². The summed E-state index contributed by atoms with van der Waals surface area (Å²) >= 11 is 1.39. The molecule has 0 unspecified atom stereocenters. The van der Waals surface area contributed by atoms with Crippen molar-refractivity contribution in [2.45, 2.75) is 13.3 Å². The zero-order valence-electron chi connectivity index (χ0n) is 15.6. The molecular formula is C23H16N2O3S. The van der Waals surface area contributed by atoms with Gasteiger partial charge in [0, 0.05) is 5.39 Å². The Kier molecular flexibility index (Phi) is 4.14. The van der Waals surface area contributed by atoms with E-state index in [2.05, 4.69) is 17.2 Å². The van der Waals surface area contributed by atoms with Crippen molar-refractivity contribution in [3.05, 3.63) is 82.2 Å². The van der Waals surface area contributed by atoms with Crippen molar-refractivity contribution < 1.29 is 9.21 Å². The molecule has 0 aliphatic heterocycles. The van der Waals surface area contributed by atoms with E-state index in [1.54, 1.807) is 12.1 Å². The van der Waals surface area contributed by atoms with E-state index in [0.29, 0.717) is 10.7 Å². The molecule has 5 nitrogen and oxygen atoms in total. The number of amides is 1. The zero-order valence-corrected chi connectivity index (χ0v) is 16.4. The Morgan fingerprint density at radius 3 is 2.79 bits per heavy atom. The molecule has 142 valence electrons. The Hall–Kier alpha value is -3.51. The summed E-state index contributed by atoms with van der Waals surface area (Å²) in [6.45, 7) is 2.07. The van der Waals surface area contributed by atoms with E-state index in [0.717, 1.165) is 38.4 Å². The van der Waals surface area contributed by atoms with Crippen LogP contribution in [-0.4, -0.2) is 10.9 Å². The summed E-state index contributed by atoms with van der Waals surface area (Å²) in [5, 5.41) is 5.89. The van der Waals surface area contributed by atoms with Crippen LogP contribution in [0.2, 0.25) is 0 Å². The fraction of sp³-hybridized carbons (Fsp3) is 0.0870. The summed E-state index contributed by atoms with van der Waals surface area (Å²) in [5.74, 6) is -0.523. The minimum absolute atomic E-state index is 0.0381. The number of nitrogens with one attached hydrogen (secondary N) is 1. The first-order chi connectivity index (χ1) is 14.1. The lowest BCUT2D eigenvalue weighted by Gasteiger charge is -2.05. The van der Waals surface area contributed by atoms with Gasteiger partial charge in [0.15, 0.2) is 5.13 Å². The first-order valence-electron chi connectivity index (χ1n) is 9.29. The molecule has 1 amide bonds. The molecule has 0 saturated heterocycles. The molecule has 1 N–H and O–H groups in total. The van der Waals surface area contributed by atoms with Gasteiger partial charge in [0.25, 0.3) is 5.91 Å². The molecule has 2 heterocycles. The number of fused-ring (bicyclic) bond motifs is 4. The van der Waals surface area contributed by atoms with Crippen LogP contribution in [0.1, 0.15) is 22.8 Å². The molecule has 0 saturated carbocycles. The molecule has 5 aromatic rings. The summed E-state index contributed by atoms with van der Waals surface area (Å²) in [6, 6.07) is 19.0. The van der Waals surface area contributed by atoms with E-state index < -0.39 is 11.5 Å². The van der Waals surface area contributed by atoms with E-state index in [1.165, 1.54) is 11.3 Å². The lowest BCUT2D eigenvalue weighted by Crippen LogP contribution is -2.20. The quantitative estimate of drug-likeness (QED) is 0.326. The number of hydrogen-bond donors (Lipinski definition) is 1. The Labute approximate surface area is 169 Å². The smallest absolute Gasteiger partial charge is 0.349 e. The van der Waals surface area contributed by atoms with Gasteiger partial charge in [0.05, 0.1) is 10.2 Å². The molecule has 0 atom stereocenters. The maximum absolute atomic E-state index is 12.8. The van der Waals surface area contributed by atoms with Crippen molar-refractivity contribution in [3.8, 4) is 0 Å². The minimum Gasteiger partial charge on any atom is -0.422 e. The standard InChI is InChI=1S/C23H16N2O3S/c1-2-13-7-5-9-19-20(13)24-23(29-19)25-21(26)17-12-16-15-8-4-3-6-14(15)10-11-18(16)28-22(17)27/h3-12H,2H2,1H3,(H,24,25,26). The molecule has 2 aromatic heterocycles. The van der Waals surface area contributed by atoms with Crippen molar-refractivity contribution in [1.29, 1.82) is 0 Å². The summed E-state index contributed by atoms with van der Waals surface area (Å²) < 4.78 is 6.42. The van der Waals surface area contributed by atoms with Crippen LogP contribution in [0.3, 0.4) is 0 Å². The van der Waals surface area contributed by atoms with Gasteiger partial charge < -0.3 is 4.42 Å². The van der Waals surface area contributed by atoms with Crippen molar-refractivity contribution >= 4 is 54.3 Å². The lowest BCUT2D eigenvalue weighted by molar-refractivity contribution is 0.102. The number of nitrogens with zero attached hydrogens (tertiary/aromatic N) is 1. The molecule has 0 fully saturated rings. The summed E-state index contributed by atoms with van der Waals surface area (Å²) in [4.78, 5) is 29.8. The van der Waals surface area contributed by atoms with Gasteiger partial charge in [-0.05, 0) is 41.0 Å². The predicted octanol–water partition coefficient (Wildman–Crippen LogP) is 5.37. The molecule has 5 rings (SSSR count). The van der Waals surface area contributed by atoms with Crippen LogP contribution in [0.25, 0.3) is 32.0 Å². The molecule has 0 radical (unpaired) electrons. The van der Waals surface area contributed by atoms with Gasteiger partial charge in [0.2, 0.25) is 0 Å². The predicted molar refractivity (Wildman–Crippen MR) is 117 cm³/mol. The first kappa shape index (κ1) is 17.6. The fourth-order valence-electron chi connectivity index (χ4n) is 3.54. The number of benzene rings is 3. The Balaban J connectivity index is 1.58. The van der Waals surface area contributed by atoms with Gasteiger partial charge in [0.1, 0.15) is 11.1 Å². The molecule has 3 aromatic carbocycles. The van der Waals surface area contributed by atoms with Crippen LogP contribution in [0.15, 0.2) is 69.9 Å². The zero-order chi connectivity index (χ0) is 20.0. The number of aromatic nitrogens is 1. The second-order valence-electron chi connectivity index (χ2n) is 6.74. The molecule has 0 aliphatic carbocycles. The van der Waals surface area contributed by atoms with Crippen LogP contribution in [0.5, 0.6) is 0 Å². The number of carbonyl (C=O) groups excluding carboxylic acids is 1. The van der Waals surface area contributed by atoms with Crippen molar-refractivity contribution in [2.75, 3.05) is 5.32 Å². The van der Waals surface area contributed by atoms with Crippen LogP contribution < -0.4 is 10.9 Å². The average molecular weight is 400 g/mol. The number of anilines is 1. The molecule has 0 aliphatic rings. The van der Waals surface area contributed by atoms with Gasteiger partial charge in [-0.2, -0.15) is 0 Å². The van der Waals surface area contributed by atoms with Gasteiger partial charge in [-0.1, -0.05) is 60.7 Å². The monoisotopic (exact) mass is 400 g/mol. The Bertz CT molecular complexity index is 1470. The maximum atomic E-state index is 12.8. The third kappa shape index (κ3) is 2.98. The second kappa shape index (κ2) is 6.83. The Morgan fingerprint density at radius 1 is 1.07 bits per heavy atom. The van der Waals surface area contributed by atoms with Crippen LogP contribution in [0.4, 0.5) is 5.13 Å². The Morgan fingerprint density at radius 2 is 1.93 bits per heavy atom. The highest BCUT2D eigenvalue weighted by molar-refractivity contribution is 7.22. The van der Waals surface area contributed by atoms with Gasteiger partial charge in [-0.15, -0.1) is 0 Å². The highest BCUT2D eigenvalue weighted by atomic mass is 32.1. The summed E-state index contributed by atoms with van der Waals surface area (Å²) in [6.07, 6.45) is 0.857. The van der Waals surface area contributed by atoms with E-state index in [9.17, 15) is 9.59 Å². The van der Waals surface area contributed by atoms with Crippen LogP contribution >= 0.6 is 11.3 Å². The molecule has 0 bridgehead atoms. The van der Waals surface area contributed by atoms with Crippen molar-refractivity contribution in [3.63, 3.8) is 0 Å². The summed E-state index contributed by atoms with van der Waals surface area (Å²) in [5.41, 5.74) is 1.75. The first-order valence-corrected chi connectivity index (χ1v) is 10.1. The van der Waals surface area contributed by atoms with Gasteiger partial charge in [-0.3, -0.25) is 10.1 Å². The number of hydrogen-bond acceptors (Lipinski definition) is 5. The van der Waals surface area contributed by atoms with Gasteiger partial charge >= 0.3 is 5.63 Å². The fourth-order valence-corrected chi connectivity index (χ4v) is 4.45. The van der Waals surface area contributed by atoms with Crippen LogP contribution in [0, 0.1) is 0 Å². The van der Waals surface area contributed by atoms with E-state index in [1.807, 2.05) is 48.5 Å². The highest BCUT2D eigenvalue weighted by Gasteiger charge is 2.17. The van der Waals surface area contributed by atoms with E-state index >= 15 is 0 Å².